The molecule has 7 N–H and O–H groups in total. The molecule has 8 heteroatoms. The van der Waals surface area contributed by atoms with Crippen molar-refractivity contribution in [3.63, 3.8) is 0 Å². The van der Waals surface area contributed by atoms with E-state index in [-0.39, 0.29) is 0 Å². The van der Waals surface area contributed by atoms with Gasteiger partial charge in [-0.05, 0) is 0 Å². The monoisotopic (exact) mass is 254 g/mol. The van der Waals surface area contributed by atoms with Crippen LogP contribution in [0, 0.1) is 0 Å². The minimum Gasteiger partial charge on any atom is -0.394 e. The molecule has 1 aliphatic heterocycles. The summed E-state index contributed by atoms with van der Waals surface area (Å²) in [5.74, 6) is 0. The molecular formula is C9H18O8. The predicted molar refractivity (Wildman–Crippen MR) is 52.9 cm³/mol. The fourth-order valence-electron chi connectivity index (χ4n) is 1.95. The van der Waals surface area contributed by atoms with E-state index in [1.54, 1.807) is 0 Å². The van der Waals surface area contributed by atoms with Gasteiger partial charge in [0, 0.05) is 0 Å². The van der Waals surface area contributed by atoms with E-state index in [4.69, 9.17) is 14.9 Å². The molecule has 0 aromatic carbocycles. The van der Waals surface area contributed by atoms with Crippen LogP contribution in [0.1, 0.15) is 0 Å². The second-order valence-corrected chi connectivity index (χ2v) is 4.08. The van der Waals surface area contributed by atoms with Gasteiger partial charge in [0.15, 0.2) is 0 Å². The Hall–Kier alpha value is -0.320. The molecule has 0 aromatic rings. The summed E-state index contributed by atoms with van der Waals surface area (Å²) in [6, 6.07) is 0. The van der Waals surface area contributed by atoms with Crippen LogP contribution >= 0.6 is 0 Å². The molecule has 17 heavy (non-hydrogen) atoms. The van der Waals surface area contributed by atoms with Gasteiger partial charge in [0.2, 0.25) is 0 Å². The summed E-state index contributed by atoms with van der Waals surface area (Å²) >= 11 is 0. The number of aliphatic hydroxyl groups is 7. The molecule has 8 nitrogen and oxygen atoms in total. The van der Waals surface area contributed by atoms with Gasteiger partial charge < -0.3 is 40.5 Å². The summed E-state index contributed by atoms with van der Waals surface area (Å²) in [6.45, 7) is -2.32. The molecule has 1 heterocycles. The molecule has 0 amide bonds. The van der Waals surface area contributed by atoms with Crippen molar-refractivity contribution < 1.29 is 40.5 Å². The smallest absolute Gasteiger partial charge is 0.148 e. The van der Waals surface area contributed by atoms with Crippen LogP contribution in [0.4, 0.5) is 0 Å². The van der Waals surface area contributed by atoms with Crippen LogP contribution in [0.25, 0.3) is 0 Å². The fourth-order valence-corrected chi connectivity index (χ4v) is 1.95. The normalized spacial score (nSPS) is 41.5. The molecule has 1 fully saturated rings. The number of aliphatic hydroxyl groups excluding tert-OH is 7. The van der Waals surface area contributed by atoms with Crippen LogP contribution in [0.3, 0.4) is 0 Å². The molecule has 1 aliphatic rings. The highest BCUT2D eigenvalue weighted by atomic mass is 16.6. The largest absolute Gasteiger partial charge is 0.394 e. The highest BCUT2D eigenvalue weighted by molar-refractivity contribution is 5.07. The van der Waals surface area contributed by atoms with Crippen molar-refractivity contribution in [2.24, 2.45) is 0 Å². The van der Waals surface area contributed by atoms with Gasteiger partial charge in [-0.15, -0.1) is 0 Å². The number of hydrogen-bond donors (Lipinski definition) is 7. The Bertz CT molecular complexity index is 249. The fraction of sp³-hybridized carbons (Fsp3) is 1.00. The summed E-state index contributed by atoms with van der Waals surface area (Å²) in [5, 5.41) is 65.1. The number of hydrogen-bond acceptors (Lipinski definition) is 8. The van der Waals surface area contributed by atoms with Gasteiger partial charge in [-0.3, -0.25) is 0 Å². The van der Waals surface area contributed by atoms with E-state index in [0.717, 1.165) is 0 Å². The van der Waals surface area contributed by atoms with E-state index >= 15 is 0 Å². The van der Waals surface area contributed by atoms with E-state index < -0.39 is 55.9 Å². The zero-order chi connectivity index (χ0) is 13.2. The molecule has 0 bridgehead atoms. The van der Waals surface area contributed by atoms with Crippen LogP contribution in [-0.4, -0.2) is 91.7 Å². The first-order valence-electron chi connectivity index (χ1n) is 5.17. The number of rotatable bonds is 5. The van der Waals surface area contributed by atoms with Crippen molar-refractivity contribution in [1.82, 2.24) is 0 Å². The molecule has 1 rings (SSSR count). The van der Waals surface area contributed by atoms with Crippen molar-refractivity contribution in [1.29, 1.82) is 0 Å². The van der Waals surface area contributed by atoms with Crippen molar-refractivity contribution in [2.75, 3.05) is 19.8 Å². The van der Waals surface area contributed by atoms with Crippen LogP contribution in [-0.2, 0) is 4.74 Å². The zero-order valence-corrected chi connectivity index (χ0v) is 9.05. The molecule has 0 aliphatic carbocycles. The lowest BCUT2D eigenvalue weighted by Gasteiger charge is -2.36. The van der Waals surface area contributed by atoms with Gasteiger partial charge in [0.1, 0.15) is 36.1 Å². The van der Waals surface area contributed by atoms with Crippen LogP contribution < -0.4 is 0 Å². The van der Waals surface area contributed by atoms with Gasteiger partial charge in [-0.1, -0.05) is 0 Å². The average molecular weight is 254 g/mol. The summed E-state index contributed by atoms with van der Waals surface area (Å²) in [5.41, 5.74) is -2.03. The van der Waals surface area contributed by atoms with E-state index in [1.165, 1.54) is 0 Å². The predicted octanol–water partition coefficient (Wildman–Crippen LogP) is -4.46. The summed E-state index contributed by atoms with van der Waals surface area (Å²) in [6.07, 6.45) is -7.84. The third-order valence-electron chi connectivity index (χ3n) is 3.06. The van der Waals surface area contributed by atoms with Crippen molar-refractivity contribution in [3.05, 3.63) is 0 Å². The molecule has 102 valence electrons. The summed E-state index contributed by atoms with van der Waals surface area (Å²) in [4.78, 5) is 0. The molecule has 3 unspecified atom stereocenters. The first-order chi connectivity index (χ1) is 7.94. The molecule has 0 spiro atoms. The van der Waals surface area contributed by atoms with Crippen molar-refractivity contribution in [2.45, 2.75) is 36.1 Å². The summed E-state index contributed by atoms with van der Waals surface area (Å²) in [7, 11) is 0. The van der Waals surface area contributed by atoms with Gasteiger partial charge in [-0.25, -0.2) is 0 Å². The Balaban J connectivity index is 2.96. The Morgan fingerprint density at radius 1 is 1.12 bits per heavy atom. The van der Waals surface area contributed by atoms with E-state index in [2.05, 4.69) is 0 Å². The second-order valence-electron chi connectivity index (χ2n) is 4.08. The second kappa shape index (κ2) is 5.55. The third kappa shape index (κ3) is 2.30. The highest BCUT2D eigenvalue weighted by Crippen LogP contribution is 2.35. The maximum Gasteiger partial charge on any atom is 0.148 e. The molecule has 0 radical (unpaired) electrons. The molecule has 6 atom stereocenters. The minimum atomic E-state index is -2.03. The lowest BCUT2D eigenvalue weighted by atomic mass is 9.87. The van der Waals surface area contributed by atoms with E-state index in [1.807, 2.05) is 0 Å². The van der Waals surface area contributed by atoms with Crippen LogP contribution in [0.5, 0.6) is 0 Å². The SMILES string of the molecule is OCC(O)C(O)C1(CO)O[C@H](CO)[C@@H](O)[C@@H]1O. The Kier molecular flexibility index (Phi) is 4.81. The molecule has 1 saturated heterocycles. The van der Waals surface area contributed by atoms with Crippen molar-refractivity contribution >= 4 is 0 Å². The minimum absolute atomic E-state index is 0.623. The maximum atomic E-state index is 9.73. The average Bonchev–Trinajstić information content (AvgIpc) is 2.61. The Labute approximate surface area is 97.3 Å². The Morgan fingerprint density at radius 2 is 1.71 bits per heavy atom. The molecule has 0 aromatic heterocycles. The van der Waals surface area contributed by atoms with Gasteiger partial charge in [-0.2, -0.15) is 0 Å². The quantitative estimate of drug-likeness (QED) is 0.259. The first kappa shape index (κ1) is 14.7. The van der Waals surface area contributed by atoms with Crippen molar-refractivity contribution in [3.8, 4) is 0 Å². The zero-order valence-electron chi connectivity index (χ0n) is 9.05. The van der Waals surface area contributed by atoms with E-state index in [0.29, 0.717) is 0 Å². The Morgan fingerprint density at radius 3 is 2.06 bits per heavy atom. The lowest BCUT2D eigenvalue weighted by molar-refractivity contribution is -0.204. The highest BCUT2D eigenvalue weighted by Gasteiger charge is 2.59. The first-order valence-corrected chi connectivity index (χ1v) is 5.17. The van der Waals surface area contributed by atoms with Crippen LogP contribution in [0.15, 0.2) is 0 Å². The van der Waals surface area contributed by atoms with Gasteiger partial charge in [0.25, 0.3) is 0 Å². The summed E-state index contributed by atoms with van der Waals surface area (Å²) < 4.78 is 5.04. The third-order valence-corrected chi connectivity index (χ3v) is 3.06. The van der Waals surface area contributed by atoms with Crippen LogP contribution in [0.2, 0.25) is 0 Å². The maximum absolute atomic E-state index is 9.73. The molecular weight excluding hydrogens is 236 g/mol. The molecule has 0 saturated carbocycles. The standard InChI is InChI=1S/C9H18O8/c10-1-4(13)7(15)9(3-12)8(16)6(14)5(2-11)17-9/h4-8,10-16H,1-3H2/t4?,5-,6-,7?,8+,9?/m1/s1. The number of ether oxygens (including phenoxy) is 1. The lowest BCUT2D eigenvalue weighted by Crippen LogP contribution is -2.59. The topological polar surface area (TPSA) is 151 Å². The van der Waals surface area contributed by atoms with E-state index in [9.17, 15) is 25.5 Å². The van der Waals surface area contributed by atoms with Gasteiger partial charge in [0.05, 0.1) is 19.8 Å². The van der Waals surface area contributed by atoms with Gasteiger partial charge >= 0.3 is 0 Å².